The van der Waals surface area contributed by atoms with Gasteiger partial charge in [0.05, 0.1) is 11.6 Å². The Morgan fingerprint density at radius 3 is 2.95 bits per heavy atom. The van der Waals surface area contributed by atoms with E-state index in [0.29, 0.717) is 11.1 Å². The van der Waals surface area contributed by atoms with E-state index < -0.39 is 0 Å². The standard InChI is InChI=1S/C17H21N3O/c18-11-14-4-1-5-15(10-14)16(21)20-9-3-7-17(13-20)6-2-8-19-12-17/h1,4-5,10,19H,2-3,6-9,12-13H2. The van der Waals surface area contributed by atoms with Crippen molar-refractivity contribution in [2.45, 2.75) is 25.7 Å². The molecule has 2 aliphatic heterocycles. The summed E-state index contributed by atoms with van der Waals surface area (Å²) in [4.78, 5) is 14.7. The highest BCUT2D eigenvalue weighted by molar-refractivity contribution is 5.94. The molecule has 3 rings (SSSR count). The zero-order valence-electron chi connectivity index (χ0n) is 12.3. The number of amides is 1. The Morgan fingerprint density at radius 2 is 2.19 bits per heavy atom. The minimum atomic E-state index is 0.0664. The van der Waals surface area contributed by atoms with E-state index in [1.807, 2.05) is 11.0 Å². The van der Waals surface area contributed by atoms with Gasteiger partial charge in [-0.3, -0.25) is 4.79 Å². The second-order valence-corrected chi connectivity index (χ2v) is 6.30. The lowest BCUT2D eigenvalue weighted by molar-refractivity contribution is 0.0434. The van der Waals surface area contributed by atoms with E-state index in [1.54, 1.807) is 18.2 Å². The highest BCUT2D eigenvalue weighted by atomic mass is 16.2. The van der Waals surface area contributed by atoms with Gasteiger partial charge < -0.3 is 10.2 Å². The monoisotopic (exact) mass is 283 g/mol. The number of carbonyl (C=O) groups excluding carboxylic acids is 1. The first kappa shape index (κ1) is 14.1. The number of nitrogens with zero attached hydrogens (tertiary/aromatic N) is 2. The fraction of sp³-hybridized carbons (Fsp3) is 0.529. The van der Waals surface area contributed by atoms with Crippen LogP contribution >= 0.6 is 0 Å². The Morgan fingerprint density at radius 1 is 1.33 bits per heavy atom. The quantitative estimate of drug-likeness (QED) is 0.859. The minimum Gasteiger partial charge on any atom is -0.338 e. The van der Waals surface area contributed by atoms with Crippen LogP contribution in [0.15, 0.2) is 24.3 Å². The van der Waals surface area contributed by atoms with Gasteiger partial charge in [-0.05, 0) is 50.4 Å². The van der Waals surface area contributed by atoms with Crippen LogP contribution < -0.4 is 5.32 Å². The Kier molecular flexibility index (Phi) is 3.94. The molecule has 2 heterocycles. The maximum atomic E-state index is 12.7. The molecular weight excluding hydrogens is 262 g/mol. The first-order valence-corrected chi connectivity index (χ1v) is 7.73. The number of hydrogen-bond acceptors (Lipinski definition) is 3. The van der Waals surface area contributed by atoms with Gasteiger partial charge in [-0.25, -0.2) is 0 Å². The van der Waals surface area contributed by atoms with Crippen LogP contribution in [0.1, 0.15) is 41.6 Å². The van der Waals surface area contributed by atoms with Crippen molar-refractivity contribution >= 4 is 5.91 Å². The molecule has 2 aliphatic rings. The zero-order valence-corrected chi connectivity index (χ0v) is 12.3. The number of benzene rings is 1. The predicted octanol–water partition coefficient (Wildman–Crippen LogP) is 2.16. The van der Waals surface area contributed by atoms with Gasteiger partial charge in [0.15, 0.2) is 0 Å². The maximum Gasteiger partial charge on any atom is 0.253 e. The summed E-state index contributed by atoms with van der Waals surface area (Å²) in [6.45, 7) is 3.79. The normalized spacial score (nSPS) is 25.6. The fourth-order valence-electron chi connectivity index (χ4n) is 3.66. The van der Waals surface area contributed by atoms with Crippen LogP contribution in [0.2, 0.25) is 0 Å². The van der Waals surface area contributed by atoms with Crippen LogP contribution in [0.4, 0.5) is 0 Å². The molecule has 2 fully saturated rings. The van der Waals surface area contributed by atoms with Crippen molar-refractivity contribution in [1.82, 2.24) is 10.2 Å². The first-order valence-electron chi connectivity index (χ1n) is 7.73. The topological polar surface area (TPSA) is 56.1 Å². The summed E-state index contributed by atoms with van der Waals surface area (Å²) in [5, 5.41) is 12.5. The smallest absolute Gasteiger partial charge is 0.253 e. The van der Waals surface area contributed by atoms with Crippen molar-refractivity contribution in [2.75, 3.05) is 26.2 Å². The molecule has 110 valence electrons. The molecule has 1 unspecified atom stereocenters. The van der Waals surface area contributed by atoms with Gasteiger partial charge in [0.2, 0.25) is 0 Å². The van der Waals surface area contributed by atoms with Crippen LogP contribution in [0.5, 0.6) is 0 Å². The summed E-state index contributed by atoms with van der Waals surface area (Å²) in [5.41, 5.74) is 1.45. The number of rotatable bonds is 1. The minimum absolute atomic E-state index is 0.0664. The number of carbonyl (C=O) groups is 1. The second-order valence-electron chi connectivity index (χ2n) is 6.30. The Hall–Kier alpha value is -1.86. The third kappa shape index (κ3) is 2.93. The van der Waals surface area contributed by atoms with Crippen LogP contribution in [0.3, 0.4) is 0 Å². The van der Waals surface area contributed by atoms with Gasteiger partial charge >= 0.3 is 0 Å². The number of hydrogen-bond donors (Lipinski definition) is 1. The summed E-state index contributed by atoms with van der Waals surface area (Å²) in [6, 6.07) is 9.13. The lowest BCUT2D eigenvalue weighted by Gasteiger charge is -2.45. The molecule has 0 radical (unpaired) electrons. The molecule has 0 saturated carbocycles. The average Bonchev–Trinajstić information content (AvgIpc) is 2.55. The van der Waals surface area contributed by atoms with Crippen molar-refractivity contribution in [2.24, 2.45) is 5.41 Å². The van der Waals surface area contributed by atoms with Gasteiger partial charge in [0.25, 0.3) is 5.91 Å². The van der Waals surface area contributed by atoms with E-state index in [-0.39, 0.29) is 11.3 Å². The molecule has 1 amide bonds. The van der Waals surface area contributed by atoms with Crippen LogP contribution in [-0.2, 0) is 0 Å². The van der Waals surface area contributed by atoms with Crippen molar-refractivity contribution in [3.63, 3.8) is 0 Å². The summed E-state index contributed by atoms with van der Waals surface area (Å²) < 4.78 is 0. The molecule has 1 aromatic carbocycles. The molecule has 1 spiro atoms. The van der Waals surface area contributed by atoms with Crippen LogP contribution in [0, 0.1) is 16.7 Å². The van der Waals surface area contributed by atoms with E-state index in [1.165, 1.54) is 19.3 Å². The summed E-state index contributed by atoms with van der Waals surface area (Å²) in [5.74, 6) is 0.0664. The van der Waals surface area contributed by atoms with Gasteiger partial charge in [0, 0.05) is 30.6 Å². The number of likely N-dealkylation sites (tertiary alicyclic amines) is 1. The highest BCUT2D eigenvalue weighted by Crippen LogP contribution is 2.36. The van der Waals surface area contributed by atoms with Crippen LogP contribution in [0.25, 0.3) is 0 Å². The van der Waals surface area contributed by atoms with E-state index in [0.717, 1.165) is 32.6 Å². The molecule has 0 aliphatic carbocycles. The maximum absolute atomic E-state index is 12.7. The lowest BCUT2D eigenvalue weighted by atomic mass is 9.74. The largest absolute Gasteiger partial charge is 0.338 e. The fourth-order valence-corrected chi connectivity index (χ4v) is 3.66. The summed E-state index contributed by atoms with van der Waals surface area (Å²) in [6.07, 6.45) is 4.70. The molecule has 0 aromatic heterocycles. The van der Waals surface area contributed by atoms with E-state index in [2.05, 4.69) is 11.4 Å². The van der Waals surface area contributed by atoms with Gasteiger partial charge in [-0.1, -0.05) is 6.07 Å². The van der Waals surface area contributed by atoms with Crippen molar-refractivity contribution < 1.29 is 4.79 Å². The molecule has 1 N–H and O–H groups in total. The molecular formula is C17H21N3O. The third-order valence-corrected chi connectivity index (χ3v) is 4.75. The highest BCUT2D eigenvalue weighted by Gasteiger charge is 2.38. The molecule has 1 atom stereocenters. The Labute approximate surface area is 125 Å². The van der Waals surface area contributed by atoms with Gasteiger partial charge in [-0.15, -0.1) is 0 Å². The van der Waals surface area contributed by atoms with E-state index in [9.17, 15) is 4.79 Å². The average molecular weight is 283 g/mol. The van der Waals surface area contributed by atoms with Crippen molar-refractivity contribution in [1.29, 1.82) is 5.26 Å². The summed E-state index contributed by atoms with van der Waals surface area (Å²) in [7, 11) is 0. The number of nitrogens with one attached hydrogen (secondary N) is 1. The third-order valence-electron chi connectivity index (χ3n) is 4.75. The zero-order chi connectivity index (χ0) is 14.7. The van der Waals surface area contributed by atoms with Gasteiger partial charge in [0.1, 0.15) is 0 Å². The van der Waals surface area contributed by atoms with E-state index >= 15 is 0 Å². The number of nitriles is 1. The SMILES string of the molecule is N#Cc1cccc(C(=O)N2CCCC3(CCCNC3)C2)c1. The molecule has 4 heteroatoms. The number of piperidine rings is 2. The molecule has 1 aromatic rings. The second kappa shape index (κ2) is 5.87. The first-order chi connectivity index (χ1) is 10.2. The Balaban J connectivity index is 1.76. The molecule has 0 bridgehead atoms. The summed E-state index contributed by atoms with van der Waals surface area (Å²) >= 11 is 0. The van der Waals surface area contributed by atoms with E-state index in [4.69, 9.17) is 5.26 Å². The van der Waals surface area contributed by atoms with Crippen LogP contribution in [-0.4, -0.2) is 37.0 Å². The molecule has 2 saturated heterocycles. The Bertz CT molecular complexity index is 564. The molecule has 4 nitrogen and oxygen atoms in total. The van der Waals surface area contributed by atoms with Crippen molar-refractivity contribution in [3.8, 4) is 6.07 Å². The molecule has 21 heavy (non-hydrogen) atoms. The van der Waals surface area contributed by atoms with Crippen molar-refractivity contribution in [3.05, 3.63) is 35.4 Å². The lowest BCUT2D eigenvalue weighted by Crippen LogP contribution is -2.52. The predicted molar refractivity (Wildman–Crippen MR) is 80.8 cm³/mol. The van der Waals surface area contributed by atoms with Gasteiger partial charge in [-0.2, -0.15) is 5.26 Å².